The highest BCUT2D eigenvalue weighted by molar-refractivity contribution is 9.10. The maximum Gasteiger partial charge on any atom is 0.252 e. The molecular weight excluding hydrogens is 282 g/mol. The number of carbonyl (C=O) groups excluding carboxylic acids is 1. The van der Waals surface area contributed by atoms with E-state index in [0.717, 1.165) is 10.0 Å². The molecule has 0 aliphatic rings. The largest absolute Gasteiger partial charge is 0.396 e. The highest BCUT2D eigenvalue weighted by Gasteiger charge is 2.17. The molecule has 1 aromatic rings. The van der Waals surface area contributed by atoms with Crippen LogP contribution in [0.25, 0.3) is 0 Å². The van der Waals surface area contributed by atoms with E-state index in [1.165, 1.54) is 0 Å². The zero-order valence-corrected chi connectivity index (χ0v) is 11.9. The molecule has 3 nitrogen and oxygen atoms in total. The molecule has 0 fully saturated rings. The molecule has 0 heterocycles. The number of aliphatic hydroxyl groups excluding tert-OH is 1. The zero-order chi connectivity index (χ0) is 13.0. The average molecular weight is 300 g/mol. The molecule has 94 valence electrons. The van der Waals surface area contributed by atoms with Crippen molar-refractivity contribution in [1.82, 2.24) is 5.32 Å². The highest BCUT2D eigenvalue weighted by Crippen LogP contribution is 2.21. The van der Waals surface area contributed by atoms with Crippen molar-refractivity contribution in [2.45, 2.75) is 26.8 Å². The van der Waals surface area contributed by atoms with Crippen molar-refractivity contribution >= 4 is 21.8 Å². The van der Waals surface area contributed by atoms with Crippen LogP contribution in [0, 0.1) is 12.8 Å². The Balaban J connectivity index is 2.80. The highest BCUT2D eigenvalue weighted by atomic mass is 79.9. The summed E-state index contributed by atoms with van der Waals surface area (Å²) >= 11 is 3.41. The Bertz CT molecular complexity index is 406. The van der Waals surface area contributed by atoms with Gasteiger partial charge in [-0.1, -0.05) is 19.1 Å². The van der Waals surface area contributed by atoms with Gasteiger partial charge in [0.1, 0.15) is 0 Å². The Labute approximate surface area is 110 Å². The van der Waals surface area contributed by atoms with Crippen LogP contribution in [0.1, 0.15) is 29.8 Å². The second kappa shape index (κ2) is 6.17. The van der Waals surface area contributed by atoms with E-state index in [1.54, 1.807) is 6.07 Å². The summed E-state index contributed by atoms with van der Waals surface area (Å²) in [5.74, 6) is -0.0732. The van der Waals surface area contributed by atoms with Crippen LogP contribution in [0.3, 0.4) is 0 Å². The van der Waals surface area contributed by atoms with Crippen molar-refractivity contribution in [2.24, 2.45) is 5.92 Å². The minimum Gasteiger partial charge on any atom is -0.396 e. The van der Waals surface area contributed by atoms with Gasteiger partial charge in [-0.15, -0.1) is 0 Å². The molecule has 0 aliphatic heterocycles. The van der Waals surface area contributed by atoms with Gasteiger partial charge in [0, 0.05) is 17.1 Å². The van der Waals surface area contributed by atoms with Gasteiger partial charge in [-0.25, -0.2) is 0 Å². The number of amides is 1. The molecule has 0 spiro atoms. The summed E-state index contributed by atoms with van der Waals surface area (Å²) in [5, 5.41) is 11.9. The van der Waals surface area contributed by atoms with Crippen LogP contribution in [0.5, 0.6) is 0 Å². The fraction of sp³-hybridized carbons (Fsp3) is 0.462. The summed E-state index contributed by atoms with van der Waals surface area (Å²) in [6.07, 6.45) is 0. The Morgan fingerprint density at radius 1 is 1.47 bits per heavy atom. The topological polar surface area (TPSA) is 49.3 Å². The number of nitrogens with one attached hydrogen (secondary N) is 1. The smallest absolute Gasteiger partial charge is 0.252 e. The molecule has 2 unspecified atom stereocenters. The molecule has 0 aliphatic carbocycles. The Morgan fingerprint density at radius 2 is 2.12 bits per heavy atom. The van der Waals surface area contributed by atoms with E-state index in [9.17, 15) is 4.79 Å². The van der Waals surface area contributed by atoms with Gasteiger partial charge in [-0.05, 0) is 47.3 Å². The number of rotatable bonds is 4. The van der Waals surface area contributed by atoms with Gasteiger partial charge in [-0.3, -0.25) is 4.79 Å². The third-order valence-corrected chi connectivity index (χ3v) is 3.99. The van der Waals surface area contributed by atoms with Gasteiger partial charge in [0.05, 0.1) is 5.56 Å². The van der Waals surface area contributed by atoms with E-state index in [2.05, 4.69) is 21.2 Å². The minimum absolute atomic E-state index is 0.0440. The lowest BCUT2D eigenvalue weighted by Crippen LogP contribution is -2.38. The minimum atomic E-state index is -0.117. The molecule has 4 heteroatoms. The van der Waals surface area contributed by atoms with E-state index in [1.807, 2.05) is 32.9 Å². The Kier molecular flexibility index (Phi) is 5.15. The molecule has 0 saturated carbocycles. The normalized spacial score (nSPS) is 14.2. The summed E-state index contributed by atoms with van der Waals surface area (Å²) in [4.78, 5) is 12.0. The van der Waals surface area contributed by atoms with Crippen molar-refractivity contribution in [3.05, 3.63) is 33.8 Å². The number of aryl methyl sites for hydroxylation is 1. The maximum absolute atomic E-state index is 12.0. The van der Waals surface area contributed by atoms with Gasteiger partial charge in [0.25, 0.3) is 5.91 Å². The summed E-state index contributed by atoms with van der Waals surface area (Å²) in [6, 6.07) is 5.53. The van der Waals surface area contributed by atoms with Crippen LogP contribution in [0.4, 0.5) is 0 Å². The van der Waals surface area contributed by atoms with Crippen molar-refractivity contribution in [2.75, 3.05) is 6.61 Å². The van der Waals surface area contributed by atoms with Gasteiger partial charge >= 0.3 is 0 Å². The lowest BCUT2D eigenvalue weighted by atomic mass is 10.0. The van der Waals surface area contributed by atoms with E-state index in [0.29, 0.717) is 5.56 Å². The van der Waals surface area contributed by atoms with Crippen LogP contribution in [-0.2, 0) is 0 Å². The first-order valence-electron chi connectivity index (χ1n) is 5.64. The molecule has 17 heavy (non-hydrogen) atoms. The van der Waals surface area contributed by atoms with Gasteiger partial charge < -0.3 is 10.4 Å². The molecule has 1 amide bonds. The summed E-state index contributed by atoms with van der Waals surface area (Å²) in [7, 11) is 0. The van der Waals surface area contributed by atoms with Gasteiger partial charge in [-0.2, -0.15) is 0 Å². The molecular formula is C13H18BrNO2. The predicted octanol–water partition coefficient (Wildman–Crippen LogP) is 2.50. The van der Waals surface area contributed by atoms with Crippen LogP contribution in [0.15, 0.2) is 22.7 Å². The quantitative estimate of drug-likeness (QED) is 0.897. The number of hydrogen-bond acceptors (Lipinski definition) is 2. The third kappa shape index (κ3) is 3.54. The van der Waals surface area contributed by atoms with Crippen molar-refractivity contribution in [3.63, 3.8) is 0 Å². The predicted molar refractivity (Wildman–Crippen MR) is 72.1 cm³/mol. The molecule has 0 saturated heterocycles. The SMILES string of the molecule is Cc1cccc(C(=O)NC(C)C(C)CO)c1Br. The number of benzene rings is 1. The molecule has 0 bridgehead atoms. The van der Waals surface area contributed by atoms with E-state index < -0.39 is 0 Å². The van der Waals surface area contributed by atoms with Crippen molar-refractivity contribution < 1.29 is 9.90 Å². The molecule has 0 radical (unpaired) electrons. The van der Waals surface area contributed by atoms with E-state index >= 15 is 0 Å². The number of carbonyl (C=O) groups is 1. The first-order chi connectivity index (χ1) is 7.97. The van der Waals surface area contributed by atoms with Gasteiger partial charge in [0.2, 0.25) is 0 Å². The summed E-state index contributed by atoms with van der Waals surface area (Å²) in [6.45, 7) is 5.80. The second-order valence-electron chi connectivity index (χ2n) is 4.36. The Morgan fingerprint density at radius 3 is 2.71 bits per heavy atom. The molecule has 2 atom stereocenters. The number of aliphatic hydroxyl groups is 1. The lowest BCUT2D eigenvalue weighted by molar-refractivity contribution is 0.0915. The van der Waals surface area contributed by atoms with E-state index in [-0.39, 0.29) is 24.5 Å². The van der Waals surface area contributed by atoms with Gasteiger partial charge in [0.15, 0.2) is 0 Å². The average Bonchev–Trinajstić information content (AvgIpc) is 2.31. The first kappa shape index (κ1) is 14.2. The van der Waals surface area contributed by atoms with E-state index in [4.69, 9.17) is 5.11 Å². The fourth-order valence-corrected chi connectivity index (χ4v) is 1.85. The Hall–Kier alpha value is -0.870. The molecule has 2 N–H and O–H groups in total. The third-order valence-electron chi connectivity index (χ3n) is 2.94. The van der Waals surface area contributed by atoms with Crippen LogP contribution < -0.4 is 5.32 Å². The summed E-state index contributed by atoms with van der Waals surface area (Å²) in [5.41, 5.74) is 1.66. The number of halogens is 1. The number of hydrogen-bond donors (Lipinski definition) is 2. The summed E-state index contributed by atoms with van der Waals surface area (Å²) < 4.78 is 0.821. The second-order valence-corrected chi connectivity index (χ2v) is 5.15. The van der Waals surface area contributed by atoms with Crippen LogP contribution >= 0.6 is 15.9 Å². The standard InChI is InChI=1S/C13H18BrNO2/c1-8-5-4-6-11(12(8)14)13(17)15-10(3)9(2)7-16/h4-6,9-10,16H,7H2,1-3H3,(H,15,17). The van der Waals surface area contributed by atoms with Crippen molar-refractivity contribution in [3.8, 4) is 0 Å². The maximum atomic E-state index is 12.0. The van der Waals surface area contributed by atoms with Crippen LogP contribution in [-0.4, -0.2) is 23.7 Å². The molecule has 0 aromatic heterocycles. The van der Waals surface area contributed by atoms with Crippen LogP contribution in [0.2, 0.25) is 0 Å². The lowest BCUT2D eigenvalue weighted by Gasteiger charge is -2.19. The molecule has 1 aromatic carbocycles. The monoisotopic (exact) mass is 299 g/mol. The first-order valence-corrected chi connectivity index (χ1v) is 6.43. The molecule has 1 rings (SSSR count). The zero-order valence-electron chi connectivity index (χ0n) is 10.3. The fourth-order valence-electron chi connectivity index (χ4n) is 1.41. The van der Waals surface area contributed by atoms with Crippen molar-refractivity contribution in [1.29, 1.82) is 0 Å².